The van der Waals surface area contributed by atoms with Gasteiger partial charge in [-0.1, -0.05) is 0 Å². The van der Waals surface area contributed by atoms with Crippen molar-refractivity contribution in [3.8, 4) is 6.07 Å². The van der Waals surface area contributed by atoms with Crippen LogP contribution < -0.4 is 16.0 Å². The van der Waals surface area contributed by atoms with Crippen molar-refractivity contribution in [3.63, 3.8) is 0 Å². The zero-order chi connectivity index (χ0) is 22.7. The molecular formula is C21H21N5O4S2. The Hall–Kier alpha value is -2.81. The maximum absolute atomic E-state index is 13.3. The molecule has 2 heterocycles. The highest BCUT2D eigenvalue weighted by Crippen LogP contribution is 2.36. The molecule has 2 aliphatic carbocycles. The number of rotatable bonds is 7. The summed E-state index contributed by atoms with van der Waals surface area (Å²) in [5, 5.41) is 10.2. The van der Waals surface area contributed by atoms with Gasteiger partial charge in [-0.25, -0.2) is 18.2 Å². The molecule has 3 aromatic rings. The summed E-state index contributed by atoms with van der Waals surface area (Å²) in [5.74, 6) is 0.378. The number of hydrogen-bond acceptors (Lipinski definition) is 7. The van der Waals surface area contributed by atoms with Crippen molar-refractivity contribution >= 4 is 32.3 Å². The normalized spacial score (nSPS) is 17.4. The molecule has 0 spiro atoms. The average molecular weight is 472 g/mol. The summed E-state index contributed by atoms with van der Waals surface area (Å²) in [7, 11) is -3.99. The number of nitrogens with zero attached hydrogens (tertiary/aromatic N) is 4. The summed E-state index contributed by atoms with van der Waals surface area (Å²) in [6, 6.07) is 6.22. The number of benzene rings is 1. The molecule has 1 N–H and O–H groups in total. The van der Waals surface area contributed by atoms with Gasteiger partial charge in [-0.05, 0) is 56.7 Å². The van der Waals surface area contributed by atoms with Crippen molar-refractivity contribution in [2.75, 3.05) is 0 Å². The van der Waals surface area contributed by atoms with Crippen LogP contribution >= 0.6 is 11.3 Å². The van der Waals surface area contributed by atoms with Crippen molar-refractivity contribution in [2.24, 2.45) is 5.92 Å². The smallest absolute Gasteiger partial charge is 0.293 e. The highest BCUT2D eigenvalue weighted by Gasteiger charge is 2.46. The molecule has 2 saturated carbocycles. The van der Waals surface area contributed by atoms with Gasteiger partial charge in [0.15, 0.2) is 0 Å². The molecule has 0 radical (unpaired) electrons. The van der Waals surface area contributed by atoms with Crippen molar-refractivity contribution in [1.82, 2.24) is 18.8 Å². The third kappa shape index (κ3) is 3.79. The zero-order valence-electron chi connectivity index (χ0n) is 17.4. The van der Waals surface area contributed by atoms with Crippen LogP contribution in [0.25, 0.3) is 10.9 Å². The first-order chi connectivity index (χ1) is 15.2. The first kappa shape index (κ1) is 21.1. The molecule has 0 aliphatic heterocycles. The highest BCUT2D eigenvalue weighted by atomic mass is 32.2. The maximum Gasteiger partial charge on any atom is 0.331 e. The lowest BCUT2D eigenvalue weighted by atomic mass is 10.2. The Bertz CT molecular complexity index is 1500. The summed E-state index contributed by atoms with van der Waals surface area (Å²) in [5.41, 5.74) is -1.59. The fourth-order valence-corrected chi connectivity index (χ4v) is 5.94. The molecular weight excluding hydrogens is 450 g/mol. The van der Waals surface area contributed by atoms with E-state index in [2.05, 4.69) is 9.71 Å². The molecule has 0 amide bonds. The number of aromatic nitrogens is 3. The number of thiazole rings is 1. The van der Waals surface area contributed by atoms with E-state index in [0.717, 1.165) is 27.3 Å². The summed E-state index contributed by atoms with van der Waals surface area (Å²) in [4.78, 5) is 31.4. The first-order valence-corrected chi connectivity index (χ1v) is 12.7. The second kappa shape index (κ2) is 7.37. The minimum absolute atomic E-state index is 0.0799. The van der Waals surface area contributed by atoms with E-state index in [1.54, 1.807) is 10.8 Å². The van der Waals surface area contributed by atoms with Gasteiger partial charge in [0.2, 0.25) is 10.0 Å². The summed E-state index contributed by atoms with van der Waals surface area (Å²) in [6.45, 7) is 2.41. The fourth-order valence-electron chi connectivity index (χ4n) is 3.76. The summed E-state index contributed by atoms with van der Waals surface area (Å²) >= 11 is 1.41. The molecule has 1 aromatic carbocycles. The predicted molar refractivity (Wildman–Crippen MR) is 119 cm³/mol. The Morgan fingerprint density at radius 1 is 1.28 bits per heavy atom. The highest BCUT2D eigenvalue weighted by molar-refractivity contribution is 7.89. The van der Waals surface area contributed by atoms with Crippen molar-refractivity contribution in [2.45, 2.75) is 56.1 Å². The fraction of sp³-hybridized carbons (Fsp3) is 0.429. The van der Waals surface area contributed by atoms with E-state index in [4.69, 9.17) is 0 Å². The van der Waals surface area contributed by atoms with E-state index < -0.39 is 26.8 Å². The maximum atomic E-state index is 13.3. The predicted octanol–water partition coefficient (Wildman–Crippen LogP) is 1.72. The number of hydrogen-bond donors (Lipinski definition) is 1. The molecule has 0 unspecified atom stereocenters. The van der Waals surface area contributed by atoms with Gasteiger partial charge >= 0.3 is 5.69 Å². The molecule has 2 aromatic heterocycles. The van der Waals surface area contributed by atoms with Crippen LogP contribution in [0.4, 0.5) is 0 Å². The van der Waals surface area contributed by atoms with Crippen molar-refractivity contribution < 1.29 is 8.42 Å². The van der Waals surface area contributed by atoms with E-state index in [1.165, 1.54) is 29.5 Å². The molecule has 9 nitrogen and oxygen atoms in total. The SMILES string of the molecule is Cc1ncc(Cn2c(=O)c3cc(S(=O)(=O)NC4(C#N)CC4)ccc3n(CC3CC3)c2=O)s1. The van der Waals surface area contributed by atoms with Gasteiger partial charge in [0.25, 0.3) is 5.56 Å². The Balaban J connectivity index is 1.66. The summed E-state index contributed by atoms with van der Waals surface area (Å²) in [6.07, 6.45) is 4.60. The minimum atomic E-state index is -3.99. The molecule has 0 atom stereocenters. The van der Waals surface area contributed by atoms with Gasteiger partial charge in [0, 0.05) is 17.6 Å². The first-order valence-electron chi connectivity index (χ1n) is 10.4. The number of aryl methyl sites for hydroxylation is 1. The van der Waals surface area contributed by atoms with E-state index in [1.807, 2.05) is 13.0 Å². The average Bonchev–Trinajstić information content (AvgIpc) is 3.69. The van der Waals surface area contributed by atoms with E-state index in [-0.39, 0.29) is 16.8 Å². The summed E-state index contributed by atoms with van der Waals surface area (Å²) < 4.78 is 30.9. The largest absolute Gasteiger partial charge is 0.331 e. The Morgan fingerprint density at radius 3 is 2.62 bits per heavy atom. The lowest BCUT2D eigenvalue weighted by molar-refractivity contribution is 0.565. The number of nitrogens with one attached hydrogen (secondary N) is 1. The lowest BCUT2D eigenvalue weighted by Gasteiger charge is -2.15. The van der Waals surface area contributed by atoms with Gasteiger partial charge < -0.3 is 0 Å². The van der Waals surface area contributed by atoms with Crippen molar-refractivity contribution in [1.29, 1.82) is 5.26 Å². The number of nitriles is 1. The topological polar surface area (TPSA) is 127 Å². The van der Waals surface area contributed by atoms with E-state index in [9.17, 15) is 23.3 Å². The van der Waals surface area contributed by atoms with Gasteiger partial charge in [0.1, 0.15) is 5.54 Å². The Morgan fingerprint density at radius 2 is 2.03 bits per heavy atom. The van der Waals surface area contributed by atoms with Gasteiger partial charge in [-0.15, -0.1) is 11.3 Å². The molecule has 166 valence electrons. The molecule has 2 fully saturated rings. The molecule has 32 heavy (non-hydrogen) atoms. The Kier molecular flexibility index (Phi) is 4.85. The molecule has 2 aliphatic rings. The second-order valence-electron chi connectivity index (χ2n) is 8.55. The van der Waals surface area contributed by atoms with Gasteiger partial charge in [-0.2, -0.15) is 9.98 Å². The lowest BCUT2D eigenvalue weighted by Crippen LogP contribution is -2.41. The zero-order valence-corrected chi connectivity index (χ0v) is 19.0. The van der Waals surface area contributed by atoms with Crippen LogP contribution in [0.1, 0.15) is 35.6 Å². The standard InChI is InChI=1S/C21H21N5O4S2/c1-13-23-9-15(31-13)11-26-19(27)17-8-16(32(29,30)24-21(12-22)6-7-21)4-5-18(17)25(20(26)28)10-14-2-3-14/h4-5,8-9,14,24H,2-3,6-7,10-11H2,1H3. The van der Waals surface area contributed by atoms with Gasteiger partial charge in [0.05, 0.1) is 33.4 Å². The van der Waals surface area contributed by atoms with Crippen LogP contribution in [0, 0.1) is 24.2 Å². The molecule has 0 saturated heterocycles. The number of sulfonamides is 1. The molecule has 11 heteroatoms. The number of fused-ring (bicyclic) bond motifs is 1. The van der Waals surface area contributed by atoms with Crippen LogP contribution in [0.2, 0.25) is 0 Å². The Labute approximate surface area is 188 Å². The third-order valence-electron chi connectivity index (χ3n) is 5.92. The van der Waals surface area contributed by atoms with Crippen LogP contribution in [0.15, 0.2) is 38.9 Å². The minimum Gasteiger partial charge on any atom is -0.293 e. The molecule has 0 bridgehead atoms. The van der Waals surface area contributed by atoms with E-state index in [0.29, 0.717) is 30.8 Å². The van der Waals surface area contributed by atoms with Crippen LogP contribution in [0.5, 0.6) is 0 Å². The van der Waals surface area contributed by atoms with E-state index >= 15 is 0 Å². The van der Waals surface area contributed by atoms with Gasteiger partial charge in [-0.3, -0.25) is 13.9 Å². The van der Waals surface area contributed by atoms with Crippen LogP contribution in [-0.4, -0.2) is 28.1 Å². The second-order valence-corrected chi connectivity index (χ2v) is 11.6. The van der Waals surface area contributed by atoms with Crippen LogP contribution in [-0.2, 0) is 23.1 Å². The monoisotopic (exact) mass is 471 g/mol. The van der Waals surface area contributed by atoms with Crippen molar-refractivity contribution in [3.05, 3.63) is 55.1 Å². The quantitative estimate of drug-likeness (QED) is 0.559. The van der Waals surface area contributed by atoms with Crippen LogP contribution in [0.3, 0.4) is 0 Å². The molecule has 5 rings (SSSR count). The third-order valence-corrected chi connectivity index (χ3v) is 8.35.